The summed E-state index contributed by atoms with van der Waals surface area (Å²) in [6.45, 7) is 0. The van der Waals surface area contributed by atoms with Crippen molar-refractivity contribution < 1.29 is 31.1 Å². The van der Waals surface area contributed by atoms with Crippen LogP contribution in [0.25, 0.3) is 16.8 Å². The molecule has 8 nitrogen and oxygen atoms in total. The summed E-state index contributed by atoms with van der Waals surface area (Å²) in [5, 5.41) is 11.2. The minimum Gasteiger partial charge on any atom is -0.590 e. The molecular weight excluding hydrogens is 405 g/mol. The van der Waals surface area contributed by atoms with Crippen molar-refractivity contribution in [1.29, 1.82) is 0 Å². The van der Waals surface area contributed by atoms with Crippen LogP contribution in [-0.4, -0.2) is 39.2 Å². The van der Waals surface area contributed by atoms with Gasteiger partial charge in [0, 0.05) is 18.6 Å². The molecule has 2 heterocycles. The van der Waals surface area contributed by atoms with E-state index in [0.29, 0.717) is 11.3 Å². The van der Waals surface area contributed by atoms with E-state index in [1.807, 2.05) is 36.4 Å². The summed E-state index contributed by atoms with van der Waals surface area (Å²) in [5.74, 6) is 0.648. The first-order chi connectivity index (χ1) is 13.1. The number of methoxy groups -OCH3 is 1. The molecule has 0 aliphatic heterocycles. The van der Waals surface area contributed by atoms with Gasteiger partial charge in [-0.1, -0.05) is 18.2 Å². The number of primary amides is 1. The smallest absolute Gasteiger partial charge is 0.590 e. The topological polar surface area (TPSA) is 132 Å². The van der Waals surface area contributed by atoms with Crippen LogP contribution in [0.4, 0.5) is 0 Å². The minimum absolute atomic E-state index is 0. The van der Waals surface area contributed by atoms with E-state index in [0.717, 1.165) is 11.4 Å². The van der Waals surface area contributed by atoms with E-state index in [1.165, 1.54) is 13.3 Å². The van der Waals surface area contributed by atoms with Crippen molar-refractivity contribution in [3.8, 4) is 22.9 Å². The van der Waals surface area contributed by atoms with Gasteiger partial charge in [-0.3, -0.25) is 25.3 Å². The van der Waals surface area contributed by atoms with Gasteiger partial charge in [0.2, 0.25) is 5.75 Å². The first-order valence-corrected chi connectivity index (χ1v) is 7.88. The van der Waals surface area contributed by atoms with Crippen LogP contribution in [-0.2, 0) is 16.5 Å². The fourth-order valence-electron chi connectivity index (χ4n) is 2.00. The molecule has 0 bridgehead atoms. The Labute approximate surface area is 172 Å². The Morgan fingerprint density at radius 1 is 1.07 bits per heavy atom. The number of para-hydroxylation sites is 1. The number of hydrogen-bond donors (Lipinski definition) is 1. The average Bonchev–Trinajstić information content (AvgIpc) is 2.71. The average molecular weight is 425 g/mol. The van der Waals surface area contributed by atoms with Gasteiger partial charge in [-0.15, -0.1) is 0 Å². The summed E-state index contributed by atoms with van der Waals surface area (Å²) in [4.78, 5) is 16.9. The number of nitrogens with zero attached hydrogens (tertiary/aromatic N) is 4. The van der Waals surface area contributed by atoms with Crippen molar-refractivity contribution >= 4 is 12.2 Å². The van der Waals surface area contributed by atoms with Gasteiger partial charge in [-0.2, -0.15) is 0 Å². The summed E-state index contributed by atoms with van der Waals surface area (Å²) in [6, 6.07) is 16.0. The number of ether oxygens (including phenoxy) is 1. The second kappa shape index (κ2) is 12.0. The maximum atomic E-state index is 8.54. The second-order valence-corrected chi connectivity index (χ2v) is 5.06. The van der Waals surface area contributed by atoms with Gasteiger partial charge in [0.05, 0.1) is 24.1 Å². The van der Waals surface area contributed by atoms with Crippen molar-refractivity contribution in [1.82, 2.24) is 9.97 Å². The monoisotopic (exact) mass is 424 g/mol. The minimum atomic E-state index is -0.624. The van der Waals surface area contributed by atoms with Gasteiger partial charge < -0.3 is 15.6 Å². The number of nitrogens with two attached hydrogens (primary N) is 1. The molecule has 0 aliphatic carbocycles. The van der Waals surface area contributed by atoms with E-state index in [9.17, 15) is 0 Å². The Balaban J connectivity index is 0.000000275. The molecule has 0 atom stereocenters. The Morgan fingerprint density at radius 3 is 2.14 bits per heavy atom. The predicted molar refractivity (Wildman–Crippen MR) is 106 cm³/mol. The third-order valence-electron chi connectivity index (χ3n) is 3.23. The molecular formula is C19H20N5NiO3+3. The summed E-state index contributed by atoms with van der Waals surface area (Å²) in [6.07, 6.45) is 4.85. The van der Waals surface area contributed by atoms with E-state index in [-0.39, 0.29) is 22.2 Å². The molecule has 2 amide bonds. The molecule has 0 fully saturated rings. The van der Waals surface area contributed by atoms with Crippen molar-refractivity contribution in [2.24, 2.45) is 10.8 Å². The molecule has 0 aliphatic rings. The fourth-order valence-corrected chi connectivity index (χ4v) is 2.00. The van der Waals surface area contributed by atoms with Crippen LogP contribution in [0.1, 0.15) is 5.56 Å². The fraction of sp³-hybridized carbons (Fsp3) is 0.0526. The Kier molecular flexibility index (Phi) is 9.71. The van der Waals surface area contributed by atoms with Gasteiger partial charge in [-0.25, -0.2) is 0 Å². The van der Waals surface area contributed by atoms with E-state index in [4.69, 9.17) is 20.4 Å². The van der Waals surface area contributed by atoms with Crippen molar-refractivity contribution in [2.75, 3.05) is 7.11 Å². The zero-order valence-corrected chi connectivity index (χ0v) is 16.0. The number of amides is 2. The third-order valence-corrected chi connectivity index (χ3v) is 3.23. The van der Waals surface area contributed by atoms with Crippen LogP contribution in [0.5, 0.6) is 11.5 Å². The number of hydrogen-bond acceptors (Lipinski definition) is 4. The van der Waals surface area contributed by atoms with Gasteiger partial charge in [0.1, 0.15) is 0 Å². The number of aromatic nitrogens is 2. The van der Waals surface area contributed by atoms with E-state index in [1.54, 1.807) is 30.6 Å². The molecule has 28 heavy (non-hydrogen) atoms. The predicted octanol–water partition coefficient (Wildman–Crippen LogP) is 2.40. The largest absolute Gasteiger partial charge is 2.00 e. The summed E-state index contributed by atoms with van der Waals surface area (Å²) < 4.78 is 4.95. The molecule has 3 rings (SSSR count). The second-order valence-electron chi connectivity index (χ2n) is 5.06. The van der Waals surface area contributed by atoms with Crippen LogP contribution >= 0.6 is 0 Å². The van der Waals surface area contributed by atoms with Crippen molar-refractivity contribution in [3.05, 3.63) is 78.0 Å². The Hall–Kier alpha value is -3.45. The summed E-state index contributed by atoms with van der Waals surface area (Å²) in [7, 11) is 1.48. The normalized spacial score (nSPS) is 9.61. The maximum absolute atomic E-state index is 8.54. The molecule has 5 N–H and O–H groups in total. The quantitative estimate of drug-likeness (QED) is 0.298. The molecule has 2 aromatic heterocycles. The van der Waals surface area contributed by atoms with E-state index >= 15 is 0 Å². The number of urea groups is 1. The maximum Gasteiger partial charge on any atom is 2.00 e. The number of pyridine rings is 2. The summed E-state index contributed by atoms with van der Waals surface area (Å²) >= 11 is 0. The number of rotatable bonds is 4. The van der Waals surface area contributed by atoms with Crippen molar-refractivity contribution in [2.45, 2.75) is 0 Å². The molecule has 9 heteroatoms. The van der Waals surface area contributed by atoms with Gasteiger partial charge in [0.25, 0.3) is 0 Å². The van der Waals surface area contributed by atoms with Gasteiger partial charge in [-0.05, 0) is 36.4 Å². The molecule has 0 radical (unpaired) electrons. The zero-order chi connectivity index (χ0) is 19.5. The standard InChI is InChI=1S/C10H8N2.C9H11N3O3.Ni/c1-3-7-11-9(5-1)10-6-2-4-8-12-10;1-15-7-4-2-3-6(8(7)13)5-11-12-9(10)14;/h1-8H;2-5H,1H3,(H4,10,11,12,13,14);/q;;+2/p+1. The van der Waals surface area contributed by atoms with Crippen LogP contribution < -0.4 is 10.5 Å². The van der Waals surface area contributed by atoms with Crippen molar-refractivity contribution in [3.63, 3.8) is 0 Å². The first kappa shape index (κ1) is 22.6. The van der Waals surface area contributed by atoms with Crippen LogP contribution in [0, 0.1) is 0 Å². The number of benzene rings is 1. The van der Waals surface area contributed by atoms with Gasteiger partial charge >= 0.3 is 28.3 Å². The molecule has 3 aromatic rings. The molecule has 0 saturated heterocycles. The van der Waals surface area contributed by atoms with Crippen LogP contribution in [0.15, 0.2) is 72.1 Å². The third kappa shape index (κ3) is 7.05. The van der Waals surface area contributed by atoms with Crippen LogP contribution in [0.2, 0.25) is 0 Å². The number of carbonyl (C=O) groups excluding carboxylic acids is 1. The molecule has 0 spiro atoms. The molecule has 0 saturated carbocycles. The van der Waals surface area contributed by atoms with Crippen LogP contribution in [0.3, 0.4) is 0 Å². The molecule has 146 valence electrons. The molecule has 1 aromatic carbocycles. The zero-order valence-electron chi connectivity index (χ0n) is 15.0. The summed E-state index contributed by atoms with van der Waals surface area (Å²) in [5.41, 5.74) is 10.4. The van der Waals surface area contributed by atoms with E-state index in [2.05, 4.69) is 20.5 Å². The van der Waals surface area contributed by atoms with E-state index < -0.39 is 6.03 Å². The molecule has 0 unspecified atom stereocenters. The first-order valence-electron chi connectivity index (χ1n) is 7.88. The Bertz CT molecular complexity index is 855. The Morgan fingerprint density at radius 2 is 1.68 bits per heavy atom. The van der Waals surface area contributed by atoms with Gasteiger partial charge in [0.15, 0.2) is 0 Å². The SMILES string of the molecule is COc1cccc(C=N[N-]C(N)=[OH+])c1[OH2+].[Ni+2].c1ccc(-c2ccccn2)nc1.